The molecule has 2 rings (SSSR count). The molecule has 6 heteroatoms. The van der Waals surface area contributed by atoms with Crippen molar-refractivity contribution >= 4 is 21.4 Å². The highest BCUT2D eigenvalue weighted by Crippen LogP contribution is 2.28. The molecule has 0 aliphatic carbocycles. The molecule has 0 aromatic heterocycles. The molecule has 0 bridgehead atoms. The lowest BCUT2D eigenvalue weighted by Crippen LogP contribution is -2.54. The lowest BCUT2D eigenvalue weighted by molar-refractivity contribution is -0.367. The van der Waals surface area contributed by atoms with Gasteiger partial charge in [-0.15, -0.1) is 0 Å². The number of hydrogen-bond donors (Lipinski definition) is 1. The molecule has 0 aliphatic rings. The van der Waals surface area contributed by atoms with Crippen LogP contribution in [0.2, 0.25) is 5.02 Å². The summed E-state index contributed by atoms with van der Waals surface area (Å²) in [6.07, 6.45) is 0. The van der Waals surface area contributed by atoms with Crippen LogP contribution in [0.3, 0.4) is 0 Å². The SMILES string of the molecule is [NH3+]C[C@@H](c1ccc(F)cc1)S(=O)(=O)c1ccc(Cl)cc1. The Morgan fingerprint density at radius 3 is 2.10 bits per heavy atom. The number of hydrogen-bond acceptors (Lipinski definition) is 2. The minimum atomic E-state index is -3.58. The molecule has 106 valence electrons. The fourth-order valence-corrected chi connectivity index (χ4v) is 3.76. The van der Waals surface area contributed by atoms with E-state index in [1.54, 1.807) is 0 Å². The lowest BCUT2D eigenvalue weighted by Gasteiger charge is -2.14. The number of sulfone groups is 1. The molecule has 0 fully saturated rings. The Bertz CT molecular complexity index is 684. The van der Waals surface area contributed by atoms with Crippen LogP contribution >= 0.6 is 11.6 Å². The zero-order valence-corrected chi connectivity index (χ0v) is 12.2. The quantitative estimate of drug-likeness (QED) is 0.940. The van der Waals surface area contributed by atoms with Gasteiger partial charge in [-0.05, 0) is 42.0 Å². The number of benzene rings is 2. The average molecular weight is 315 g/mol. The van der Waals surface area contributed by atoms with Gasteiger partial charge in [0.1, 0.15) is 11.1 Å². The van der Waals surface area contributed by atoms with Gasteiger partial charge in [0.25, 0.3) is 0 Å². The Morgan fingerprint density at radius 2 is 1.60 bits per heavy atom. The van der Waals surface area contributed by atoms with E-state index in [2.05, 4.69) is 5.73 Å². The normalized spacial score (nSPS) is 13.2. The van der Waals surface area contributed by atoms with E-state index >= 15 is 0 Å². The number of halogens is 2. The van der Waals surface area contributed by atoms with Gasteiger partial charge in [-0.2, -0.15) is 0 Å². The van der Waals surface area contributed by atoms with Crippen LogP contribution in [-0.4, -0.2) is 15.0 Å². The van der Waals surface area contributed by atoms with Gasteiger partial charge in [0.15, 0.2) is 9.84 Å². The summed E-state index contributed by atoms with van der Waals surface area (Å²) < 4.78 is 38.1. The minimum Gasteiger partial charge on any atom is -0.356 e. The average Bonchev–Trinajstić information content (AvgIpc) is 2.42. The monoisotopic (exact) mass is 314 g/mol. The van der Waals surface area contributed by atoms with E-state index in [0.717, 1.165) is 0 Å². The molecule has 2 aromatic carbocycles. The van der Waals surface area contributed by atoms with Gasteiger partial charge in [0.05, 0.1) is 11.4 Å². The zero-order valence-electron chi connectivity index (χ0n) is 10.6. The zero-order chi connectivity index (χ0) is 14.8. The van der Waals surface area contributed by atoms with E-state index in [9.17, 15) is 12.8 Å². The van der Waals surface area contributed by atoms with Crippen molar-refractivity contribution in [1.29, 1.82) is 0 Å². The molecule has 20 heavy (non-hydrogen) atoms. The molecule has 0 saturated heterocycles. The summed E-state index contributed by atoms with van der Waals surface area (Å²) in [5, 5.41) is -0.332. The molecule has 0 heterocycles. The summed E-state index contributed by atoms with van der Waals surface area (Å²) in [4.78, 5) is 0.180. The fourth-order valence-electron chi connectivity index (χ4n) is 1.97. The second kappa shape index (κ2) is 5.91. The second-order valence-electron chi connectivity index (χ2n) is 4.33. The van der Waals surface area contributed by atoms with Gasteiger partial charge in [0.2, 0.25) is 0 Å². The van der Waals surface area contributed by atoms with E-state index in [4.69, 9.17) is 11.6 Å². The van der Waals surface area contributed by atoms with Crippen molar-refractivity contribution in [3.05, 3.63) is 64.9 Å². The van der Waals surface area contributed by atoms with Crippen molar-refractivity contribution in [2.45, 2.75) is 10.1 Å². The minimum absolute atomic E-state index is 0.163. The smallest absolute Gasteiger partial charge is 0.190 e. The van der Waals surface area contributed by atoms with Crippen molar-refractivity contribution in [1.82, 2.24) is 0 Å². The highest BCUT2D eigenvalue weighted by atomic mass is 35.5. The molecular weight excluding hydrogens is 301 g/mol. The highest BCUT2D eigenvalue weighted by molar-refractivity contribution is 7.91. The van der Waals surface area contributed by atoms with Gasteiger partial charge in [-0.25, -0.2) is 12.8 Å². The van der Waals surface area contributed by atoms with Crippen LogP contribution in [0.15, 0.2) is 53.4 Å². The van der Waals surface area contributed by atoms with Gasteiger partial charge < -0.3 is 5.73 Å². The highest BCUT2D eigenvalue weighted by Gasteiger charge is 2.29. The Labute approximate surface area is 122 Å². The van der Waals surface area contributed by atoms with Gasteiger partial charge in [-0.3, -0.25) is 0 Å². The summed E-state index contributed by atoms with van der Waals surface area (Å²) >= 11 is 5.76. The summed E-state index contributed by atoms with van der Waals surface area (Å²) in [6, 6.07) is 11.4. The van der Waals surface area contributed by atoms with Gasteiger partial charge >= 0.3 is 0 Å². The second-order valence-corrected chi connectivity index (χ2v) is 6.89. The Kier molecular flexibility index (Phi) is 4.42. The van der Waals surface area contributed by atoms with E-state index in [-0.39, 0.29) is 11.4 Å². The van der Waals surface area contributed by atoms with Gasteiger partial charge in [-0.1, -0.05) is 23.7 Å². The molecule has 3 nitrogen and oxygen atoms in total. The van der Waals surface area contributed by atoms with E-state index in [1.807, 2.05) is 0 Å². The largest absolute Gasteiger partial charge is 0.356 e. The molecule has 0 radical (unpaired) electrons. The van der Waals surface area contributed by atoms with Crippen LogP contribution in [0.25, 0.3) is 0 Å². The maximum absolute atomic E-state index is 12.9. The van der Waals surface area contributed by atoms with Crippen LogP contribution in [0.4, 0.5) is 4.39 Å². The predicted octanol–water partition coefficient (Wildman–Crippen LogP) is 2.24. The molecule has 0 saturated carbocycles. The van der Waals surface area contributed by atoms with Crippen LogP contribution < -0.4 is 5.73 Å². The molecule has 1 atom stereocenters. The Balaban J connectivity index is 2.44. The first-order valence-corrected chi connectivity index (χ1v) is 7.92. The topological polar surface area (TPSA) is 61.8 Å². The molecule has 0 aliphatic heterocycles. The van der Waals surface area contributed by atoms with Crippen molar-refractivity contribution in [2.24, 2.45) is 0 Å². The first-order chi connectivity index (χ1) is 9.45. The summed E-state index contributed by atoms with van der Waals surface area (Å²) in [5.74, 6) is -0.402. The Hall–Kier alpha value is -1.43. The third-order valence-electron chi connectivity index (χ3n) is 3.02. The standard InChI is InChI=1S/C14H13ClFNO2S/c15-11-3-7-13(8-4-11)20(18,19)14(9-17)10-1-5-12(16)6-2-10/h1-8,14H,9,17H2/p+1/t14-/m0/s1. The third kappa shape index (κ3) is 3.00. The summed E-state index contributed by atoms with van der Waals surface area (Å²) in [5.41, 5.74) is 4.22. The lowest BCUT2D eigenvalue weighted by atomic mass is 10.1. The van der Waals surface area contributed by atoms with Gasteiger partial charge in [0, 0.05) is 5.02 Å². The van der Waals surface area contributed by atoms with Crippen LogP contribution in [-0.2, 0) is 9.84 Å². The maximum Gasteiger partial charge on any atom is 0.190 e. The van der Waals surface area contributed by atoms with Crippen molar-refractivity contribution in [3.8, 4) is 0 Å². The van der Waals surface area contributed by atoms with E-state index in [0.29, 0.717) is 10.6 Å². The van der Waals surface area contributed by atoms with Crippen molar-refractivity contribution in [2.75, 3.05) is 6.54 Å². The Morgan fingerprint density at radius 1 is 1.05 bits per heavy atom. The van der Waals surface area contributed by atoms with Crippen molar-refractivity contribution < 1.29 is 18.5 Å². The van der Waals surface area contributed by atoms with Crippen LogP contribution in [0.5, 0.6) is 0 Å². The van der Waals surface area contributed by atoms with Crippen LogP contribution in [0.1, 0.15) is 10.8 Å². The summed E-state index contributed by atoms with van der Waals surface area (Å²) in [6.45, 7) is 0.163. The molecule has 3 N–H and O–H groups in total. The number of rotatable bonds is 4. The first-order valence-electron chi connectivity index (χ1n) is 5.99. The first kappa shape index (κ1) is 15.0. The van der Waals surface area contributed by atoms with E-state index < -0.39 is 20.9 Å². The summed E-state index contributed by atoms with van der Waals surface area (Å²) in [7, 11) is -3.58. The molecular formula is C14H14ClFNO2S+. The fraction of sp³-hybridized carbons (Fsp3) is 0.143. The maximum atomic E-state index is 12.9. The van der Waals surface area contributed by atoms with Crippen LogP contribution in [0, 0.1) is 5.82 Å². The molecule has 0 spiro atoms. The molecule has 0 amide bonds. The molecule has 0 unspecified atom stereocenters. The molecule has 2 aromatic rings. The predicted molar refractivity (Wildman–Crippen MR) is 75.5 cm³/mol. The number of quaternary nitrogens is 1. The van der Waals surface area contributed by atoms with Crippen molar-refractivity contribution in [3.63, 3.8) is 0 Å². The third-order valence-corrected chi connectivity index (χ3v) is 5.46. The van der Waals surface area contributed by atoms with E-state index in [1.165, 1.54) is 48.5 Å².